The van der Waals surface area contributed by atoms with Gasteiger partial charge in [-0.15, -0.1) is 0 Å². The molecule has 0 aliphatic heterocycles. The smallest absolute Gasteiger partial charge is 0.306 e. The van der Waals surface area contributed by atoms with Crippen LogP contribution in [0.4, 0.5) is 0 Å². The van der Waals surface area contributed by atoms with Crippen molar-refractivity contribution in [2.24, 2.45) is 0 Å². The molecule has 0 amide bonds. The number of rotatable bonds is 50. The van der Waals surface area contributed by atoms with Gasteiger partial charge in [0, 0.05) is 19.3 Å². The van der Waals surface area contributed by atoms with E-state index < -0.39 is 6.10 Å². The summed E-state index contributed by atoms with van der Waals surface area (Å²) in [5.41, 5.74) is 0. The summed E-state index contributed by atoms with van der Waals surface area (Å²) < 4.78 is 16.8. The average molecular weight is 933 g/mol. The Kier molecular flexibility index (Phi) is 52.4. The molecule has 0 bridgehead atoms. The van der Waals surface area contributed by atoms with Crippen LogP contribution in [0.3, 0.4) is 0 Å². The third-order valence-corrected chi connectivity index (χ3v) is 12.0. The maximum Gasteiger partial charge on any atom is 0.306 e. The second kappa shape index (κ2) is 55.2. The highest BCUT2D eigenvalue weighted by Gasteiger charge is 2.19. The molecule has 1 atom stereocenters. The Balaban J connectivity index is 4.46. The Labute approximate surface area is 414 Å². The van der Waals surface area contributed by atoms with Gasteiger partial charge < -0.3 is 14.2 Å². The first kappa shape index (κ1) is 63.6. The van der Waals surface area contributed by atoms with E-state index in [-0.39, 0.29) is 37.5 Å². The highest BCUT2D eigenvalue weighted by Crippen LogP contribution is 2.16. The molecule has 6 nitrogen and oxygen atoms in total. The van der Waals surface area contributed by atoms with Crippen molar-refractivity contribution in [3.63, 3.8) is 0 Å². The number of hydrogen-bond donors (Lipinski definition) is 0. The van der Waals surface area contributed by atoms with Crippen LogP contribution in [0.5, 0.6) is 0 Å². The standard InChI is InChI=1S/C61H104O6/c1-4-7-10-13-16-19-22-25-27-29-31-33-36-39-42-45-48-51-54-60(63)66-57-58(56-65-59(62)53-50-47-44-41-38-35-24-21-18-15-12-9-6-3)67-61(64)55-52-49-46-43-40-37-34-32-30-28-26-23-20-17-14-11-8-5-2/h10,13,16,19,22,25,27,29,31,33,35,38,44,47,58H,4-9,11-12,14-15,17-18,20-21,23-24,26,28,30,32,34,36-37,39-43,45-46,48-57H2,1-3H3/b13-10+,19-16+,25-22+,29-27+,33-31+,38-35+,47-44+. The lowest BCUT2D eigenvalue weighted by Gasteiger charge is -2.18. The Morgan fingerprint density at radius 3 is 1.10 bits per heavy atom. The largest absolute Gasteiger partial charge is 0.462 e. The van der Waals surface area contributed by atoms with Crippen molar-refractivity contribution in [1.82, 2.24) is 0 Å². The summed E-state index contributed by atoms with van der Waals surface area (Å²) in [5.74, 6) is -0.991. The monoisotopic (exact) mass is 933 g/mol. The van der Waals surface area contributed by atoms with Crippen molar-refractivity contribution in [3.05, 3.63) is 85.1 Å². The van der Waals surface area contributed by atoms with Gasteiger partial charge in [0.15, 0.2) is 6.10 Å². The van der Waals surface area contributed by atoms with Gasteiger partial charge in [-0.1, -0.05) is 273 Å². The number of carbonyl (C=O) groups is 3. The van der Waals surface area contributed by atoms with E-state index in [4.69, 9.17) is 14.2 Å². The second-order valence-corrected chi connectivity index (χ2v) is 18.6. The molecule has 6 heteroatoms. The van der Waals surface area contributed by atoms with E-state index in [1.54, 1.807) is 0 Å². The summed E-state index contributed by atoms with van der Waals surface area (Å²) in [6.45, 7) is 6.49. The molecule has 0 aromatic carbocycles. The minimum Gasteiger partial charge on any atom is -0.462 e. The van der Waals surface area contributed by atoms with Crippen LogP contribution in [0.25, 0.3) is 0 Å². The molecule has 0 radical (unpaired) electrons. The summed E-state index contributed by atoms with van der Waals surface area (Å²) in [4.78, 5) is 38.1. The lowest BCUT2D eigenvalue weighted by atomic mass is 10.0. The second-order valence-electron chi connectivity index (χ2n) is 18.6. The van der Waals surface area contributed by atoms with Crippen molar-refractivity contribution < 1.29 is 28.6 Å². The maximum atomic E-state index is 12.8. The van der Waals surface area contributed by atoms with E-state index in [9.17, 15) is 14.4 Å². The number of unbranched alkanes of at least 4 members (excludes halogenated alkanes) is 29. The molecule has 0 rings (SSSR count). The predicted molar refractivity (Wildman–Crippen MR) is 288 cm³/mol. The molecule has 67 heavy (non-hydrogen) atoms. The SMILES string of the molecule is CCC/C=C/C=C/C=C/C=C/C=C/CCCCCCCC(=O)OCC(COC(=O)CC/C=C/C/C=C/CCCCCCCC)OC(=O)CCCCCCCCCCCCCCCCCCCC. The molecular formula is C61H104O6. The molecule has 0 aromatic rings. The van der Waals surface area contributed by atoms with E-state index in [0.717, 1.165) is 77.0 Å². The molecule has 0 fully saturated rings. The average Bonchev–Trinajstić information content (AvgIpc) is 3.33. The van der Waals surface area contributed by atoms with Crippen LogP contribution in [0.2, 0.25) is 0 Å². The van der Waals surface area contributed by atoms with Gasteiger partial charge in [0.1, 0.15) is 13.2 Å². The first-order valence-corrected chi connectivity index (χ1v) is 28.2. The van der Waals surface area contributed by atoms with Crippen LogP contribution in [-0.4, -0.2) is 37.2 Å². The highest BCUT2D eigenvalue weighted by atomic mass is 16.6. The summed E-state index contributed by atoms with van der Waals surface area (Å²) >= 11 is 0. The number of carbonyl (C=O) groups excluding carboxylic acids is 3. The number of ether oxygens (including phenoxy) is 3. The molecule has 384 valence electrons. The van der Waals surface area contributed by atoms with Crippen molar-refractivity contribution in [2.75, 3.05) is 13.2 Å². The molecule has 0 N–H and O–H groups in total. The Hall–Kier alpha value is -3.41. The Bertz CT molecular complexity index is 1300. The van der Waals surface area contributed by atoms with E-state index in [1.165, 1.54) is 141 Å². The molecule has 0 spiro atoms. The fourth-order valence-corrected chi connectivity index (χ4v) is 7.76. The van der Waals surface area contributed by atoms with E-state index in [1.807, 2.05) is 30.4 Å². The van der Waals surface area contributed by atoms with Crippen molar-refractivity contribution in [2.45, 2.75) is 271 Å². The highest BCUT2D eigenvalue weighted by molar-refractivity contribution is 5.71. The van der Waals surface area contributed by atoms with Gasteiger partial charge in [0.2, 0.25) is 0 Å². The Morgan fingerprint density at radius 2 is 0.657 bits per heavy atom. The molecule has 0 saturated heterocycles. The fourth-order valence-electron chi connectivity index (χ4n) is 7.76. The van der Waals surface area contributed by atoms with Crippen LogP contribution in [-0.2, 0) is 28.6 Å². The van der Waals surface area contributed by atoms with E-state index in [2.05, 4.69) is 75.5 Å². The zero-order valence-corrected chi connectivity index (χ0v) is 43.9. The van der Waals surface area contributed by atoms with Crippen LogP contribution in [0, 0.1) is 0 Å². The van der Waals surface area contributed by atoms with Crippen LogP contribution in [0.15, 0.2) is 85.1 Å². The molecule has 0 heterocycles. The van der Waals surface area contributed by atoms with Crippen LogP contribution >= 0.6 is 0 Å². The zero-order chi connectivity index (χ0) is 48.6. The molecule has 0 saturated carbocycles. The summed E-state index contributed by atoms with van der Waals surface area (Å²) in [7, 11) is 0. The summed E-state index contributed by atoms with van der Waals surface area (Å²) in [6, 6.07) is 0. The summed E-state index contributed by atoms with van der Waals surface area (Å²) in [6.07, 6.45) is 71.5. The van der Waals surface area contributed by atoms with Gasteiger partial charge in [-0.2, -0.15) is 0 Å². The van der Waals surface area contributed by atoms with Crippen LogP contribution in [0.1, 0.15) is 265 Å². The van der Waals surface area contributed by atoms with Gasteiger partial charge in [-0.3, -0.25) is 14.4 Å². The Morgan fingerprint density at radius 1 is 0.313 bits per heavy atom. The fraction of sp³-hybridized carbons (Fsp3) is 0.721. The third-order valence-electron chi connectivity index (χ3n) is 12.0. The molecule has 0 aromatic heterocycles. The van der Waals surface area contributed by atoms with Gasteiger partial charge in [0.05, 0.1) is 0 Å². The minimum absolute atomic E-state index is 0.106. The van der Waals surface area contributed by atoms with Gasteiger partial charge in [-0.05, 0) is 57.8 Å². The molecule has 0 aliphatic carbocycles. The van der Waals surface area contributed by atoms with Gasteiger partial charge >= 0.3 is 17.9 Å². The molecule has 0 aliphatic rings. The molecular weight excluding hydrogens is 829 g/mol. The van der Waals surface area contributed by atoms with Crippen molar-refractivity contribution in [1.29, 1.82) is 0 Å². The minimum atomic E-state index is -0.809. The normalized spacial score (nSPS) is 12.7. The first-order chi connectivity index (χ1) is 33.0. The maximum absolute atomic E-state index is 12.8. The number of esters is 3. The van der Waals surface area contributed by atoms with Gasteiger partial charge in [-0.25, -0.2) is 0 Å². The third kappa shape index (κ3) is 53.4. The lowest BCUT2D eigenvalue weighted by molar-refractivity contribution is -0.166. The quantitative estimate of drug-likeness (QED) is 0.0199. The van der Waals surface area contributed by atoms with E-state index >= 15 is 0 Å². The van der Waals surface area contributed by atoms with Crippen LogP contribution < -0.4 is 0 Å². The van der Waals surface area contributed by atoms with Gasteiger partial charge in [0.25, 0.3) is 0 Å². The number of hydrogen-bond acceptors (Lipinski definition) is 6. The topological polar surface area (TPSA) is 78.9 Å². The zero-order valence-electron chi connectivity index (χ0n) is 43.9. The van der Waals surface area contributed by atoms with E-state index in [0.29, 0.717) is 19.3 Å². The van der Waals surface area contributed by atoms with Crippen molar-refractivity contribution in [3.8, 4) is 0 Å². The summed E-state index contributed by atoms with van der Waals surface area (Å²) in [5, 5.41) is 0. The van der Waals surface area contributed by atoms with Crippen molar-refractivity contribution >= 4 is 17.9 Å². The lowest BCUT2D eigenvalue weighted by Crippen LogP contribution is -2.30. The first-order valence-electron chi connectivity index (χ1n) is 28.2. The number of allylic oxidation sites excluding steroid dienone is 14. The molecule has 1 unspecified atom stereocenters. The predicted octanol–water partition coefficient (Wildman–Crippen LogP) is 18.8.